The molecule has 28 heavy (non-hydrogen) atoms. The first-order valence-corrected chi connectivity index (χ1v) is 10.7. The summed E-state index contributed by atoms with van der Waals surface area (Å²) >= 11 is 5.90. The lowest BCUT2D eigenvalue weighted by Crippen LogP contribution is -2.41. The van der Waals surface area contributed by atoms with Crippen LogP contribution < -0.4 is 10.1 Å². The fourth-order valence-corrected chi connectivity index (χ4v) is 3.75. The van der Waals surface area contributed by atoms with Crippen LogP contribution in [-0.2, 0) is 20.2 Å². The van der Waals surface area contributed by atoms with E-state index in [0.717, 1.165) is 11.2 Å². The lowest BCUT2D eigenvalue weighted by molar-refractivity contribution is -0.131. The minimum absolute atomic E-state index is 0.0637. The summed E-state index contributed by atoms with van der Waals surface area (Å²) in [6.07, 6.45) is 1.11. The minimum atomic E-state index is -3.35. The molecule has 3 rings (SSSR count). The van der Waals surface area contributed by atoms with E-state index in [1.54, 1.807) is 31.2 Å². The van der Waals surface area contributed by atoms with Crippen LogP contribution in [0.4, 0.5) is 4.79 Å². The van der Waals surface area contributed by atoms with Crippen LogP contribution in [0.2, 0.25) is 5.02 Å². The molecule has 1 aliphatic heterocycles. The molecule has 9 heteroatoms. The maximum absolute atomic E-state index is 12.9. The van der Waals surface area contributed by atoms with Crippen molar-refractivity contribution < 1.29 is 22.7 Å². The molecule has 1 unspecified atom stereocenters. The average Bonchev–Trinajstić information content (AvgIpc) is 2.85. The number of hydrogen-bond donors (Lipinski definition) is 1. The largest absolute Gasteiger partial charge is 0.492 e. The Hall–Kier alpha value is -2.58. The van der Waals surface area contributed by atoms with E-state index in [1.807, 2.05) is 0 Å². The summed E-state index contributed by atoms with van der Waals surface area (Å²) < 4.78 is 28.8. The molecule has 2 aromatic rings. The Bertz CT molecular complexity index is 1020. The van der Waals surface area contributed by atoms with Gasteiger partial charge in [-0.3, -0.25) is 9.69 Å². The molecule has 148 valence electrons. The molecule has 7 nitrogen and oxygen atoms in total. The first-order valence-electron chi connectivity index (χ1n) is 8.44. The van der Waals surface area contributed by atoms with Gasteiger partial charge in [-0.2, -0.15) is 0 Å². The maximum Gasteiger partial charge on any atom is 0.325 e. The van der Waals surface area contributed by atoms with Gasteiger partial charge in [-0.1, -0.05) is 29.8 Å². The zero-order chi connectivity index (χ0) is 20.5. The van der Waals surface area contributed by atoms with Crippen molar-refractivity contribution >= 4 is 33.4 Å². The van der Waals surface area contributed by atoms with Gasteiger partial charge in [-0.15, -0.1) is 0 Å². The number of hydrogen-bond acceptors (Lipinski definition) is 5. The number of halogens is 1. The van der Waals surface area contributed by atoms with Gasteiger partial charge in [0, 0.05) is 11.3 Å². The van der Waals surface area contributed by atoms with Crippen molar-refractivity contribution in [3.8, 4) is 5.75 Å². The van der Waals surface area contributed by atoms with Crippen molar-refractivity contribution in [2.75, 3.05) is 19.4 Å². The minimum Gasteiger partial charge on any atom is -0.492 e. The van der Waals surface area contributed by atoms with Gasteiger partial charge >= 0.3 is 6.03 Å². The molecule has 1 aliphatic rings. The van der Waals surface area contributed by atoms with E-state index in [1.165, 1.54) is 24.3 Å². The fourth-order valence-electron chi connectivity index (χ4n) is 2.94. The lowest BCUT2D eigenvalue weighted by atomic mass is 9.92. The van der Waals surface area contributed by atoms with Gasteiger partial charge in [0.05, 0.1) is 11.4 Å². The van der Waals surface area contributed by atoms with Gasteiger partial charge in [0.2, 0.25) is 0 Å². The highest BCUT2D eigenvalue weighted by Crippen LogP contribution is 2.29. The highest BCUT2D eigenvalue weighted by Gasteiger charge is 2.48. The van der Waals surface area contributed by atoms with E-state index in [-0.39, 0.29) is 18.0 Å². The standard InChI is InChI=1S/C19H19ClN2O5S/c1-19(13-6-8-16(9-7-13)28(2,25)26)17(23)22(18(24)21-19)10-11-27-15-5-3-4-14(20)12-15/h3-9,12H,10-11H2,1-2H3,(H,21,24). The Balaban J connectivity index is 1.71. The van der Waals surface area contributed by atoms with Crippen molar-refractivity contribution in [1.29, 1.82) is 0 Å². The number of benzene rings is 2. The second-order valence-electron chi connectivity index (χ2n) is 6.61. The summed E-state index contributed by atoms with van der Waals surface area (Å²) in [4.78, 5) is 26.4. The van der Waals surface area contributed by atoms with Crippen molar-refractivity contribution in [3.63, 3.8) is 0 Å². The second-order valence-corrected chi connectivity index (χ2v) is 9.07. The smallest absolute Gasteiger partial charge is 0.325 e. The number of nitrogens with zero attached hydrogens (tertiary/aromatic N) is 1. The molecule has 1 fully saturated rings. The van der Waals surface area contributed by atoms with Gasteiger partial charge in [0.1, 0.15) is 17.9 Å². The van der Waals surface area contributed by atoms with Crippen LogP contribution in [0.3, 0.4) is 0 Å². The van der Waals surface area contributed by atoms with E-state index in [4.69, 9.17) is 16.3 Å². The Labute approximate surface area is 168 Å². The molecule has 1 N–H and O–H groups in total. The van der Waals surface area contributed by atoms with E-state index < -0.39 is 27.3 Å². The fraction of sp³-hybridized carbons (Fsp3) is 0.263. The Morgan fingerprint density at radius 3 is 2.43 bits per heavy atom. The van der Waals surface area contributed by atoms with Crippen LogP contribution in [0.25, 0.3) is 0 Å². The summed E-state index contributed by atoms with van der Waals surface area (Å²) in [5.41, 5.74) is -0.778. The molecule has 1 heterocycles. The molecule has 0 radical (unpaired) electrons. The van der Waals surface area contributed by atoms with E-state index in [0.29, 0.717) is 16.3 Å². The number of rotatable bonds is 6. The third kappa shape index (κ3) is 3.98. The monoisotopic (exact) mass is 422 g/mol. The summed E-state index contributed by atoms with van der Waals surface area (Å²) in [5.74, 6) is 0.109. The predicted molar refractivity (Wildman–Crippen MR) is 104 cm³/mol. The number of imide groups is 1. The van der Waals surface area contributed by atoms with E-state index in [2.05, 4.69) is 5.32 Å². The molecular formula is C19H19ClN2O5S. The highest BCUT2D eigenvalue weighted by atomic mass is 35.5. The van der Waals surface area contributed by atoms with E-state index >= 15 is 0 Å². The highest BCUT2D eigenvalue weighted by molar-refractivity contribution is 7.90. The molecule has 2 aromatic carbocycles. The first-order chi connectivity index (χ1) is 13.1. The number of sulfone groups is 1. The van der Waals surface area contributed by atoms with E-state index in [9.17, 15) is 18.0 Å². The molecule has 0 spiro atoms. The van der Waals surface area contributed by atoms with Gasteiger partial charge in [-0.05, 0) is 42.8 Å². The number of carbonyl (C=O) groups is 2. The van der Waals surface area contributed by atoms with Crippen LogP contribution in [0.1, 0.15) is 12.5 Å². The lowest BCUT2D eigenvalue weighted by Gasteiger charge is -2.22. The van der Waals surface area contributed by atoms with Crippen molar-refractivity contribution in [1.82, 2.24) is 10.2 Å². The van der Waals surface area contributed by atoms with Crippen molar-refractivity contribution in [3.05, 3.63) is 59.1 Å². The molecule has 0 aromatic heterocycles. The Morgan fingerprint density at radius 2 is 1.82 bits per heavy atom. The first kappa shape index (κ1) is 20.2. The summed E-state index contributed by atoms with van der Waals surface area (Å²) in [6, 6.07) is 12.2. The molecule has 1 atom stereocenters. The van der Waals surface area contributed by atoms with Crippen LogP contribution in [0.5, 0.6) is 5.75 Å². The molecule has 0 bridgehead atoms. The SMILES string of the molecule is CC1(c2ccc(S(C)(=O)=O)cc2)NC(=O)N(CCOc2cccc(Cl)c2)C1=O. The van der Waals surface area contributed by atoms with Crippen LogP contribution in [0.15, 0.2) is 53.4 Å². The second kappa shape index (κ2) is 7.44. The third-order valence-electron chi connectivity index (χ3n) is 4.51. The number of urea groups is 1. The van der Waals surface area contributed by atoms with Gasteiger partial charge in [0.25, 0.3) is 5.91 Å². The zero-order valence-corrected chi connectivity index (χ0v) is 16.9. The molecule has 0 saturated carbocycles. The van der Waals surface area contributed by atoms with Gasteiger partial charge < -0.3 is 10.1 Å². The zero-order valence-electron chi connectivity index (χ0n) is 15.3. The summed E-state index contributed by atoms with van der Waals surface area (Å²) in [5, 5.41) is 3.20. The average molecular weight is 423 g/mol. The number of ether oxygens (including phenoxy) is 1. The van der Waals surface area contributed by atoms with Crippen molar-refractivity contribution in [2.24, 2.45) is 0 Å². The maximum atomic E-state index is 12.9. The predicted octanol–water partition coefficient (Wildman–Crippen LogP) is 2.59. The molecule has 1 saturated heterocycles. The third-order valence-corrected chi connectivity index (χ3v) is 5.88. The van der Waals surface area contributed by atoms with Gasteiger partial charge in [0.15, 0.2) is 9.84 Å². The quantitative estimate of drug-likeness (QED) is 0.722. The van der Waals surface area contributed by atoms with Crippen molar-refractivity contribution in [2.45, 2.75) is 17.4 Å². The number of amides is 3. The Kier molecular flexibility index (Phi) is 5.36. The van der Waals surface area contributed by atoms with Crippen LogP contribution >= 0.6 is 11.6 Å². The number of carbonyl (C=O) groups excluding carboxylic acids is 2. The topological polar surface area (TPSA) is 92.8 Å². The normalized spacial score (nSPS) is 19.6. The van der Waals surface area contributed by atoms with Crippen LogP contribution in [0, 0.1) is 0 Å². The molecule has 0 aliphatic carbocycles. The summed E-state index contributed by atoms with van der Waals surface area (Å²) in [6.45, 7) is 1.76. The molecular weight excluding hydrogens is 404 g/mol. The Morgan fingerprint density at radius 1 is 1.14 bits per heavy atom. The molecule has 3 amide bonds. The summed E-state index contributed by atoms with van der Waals surface area (Å²) in [7, 11) is -3.35. The number of nitrogens with one attached hydrogen (secondary N) is 1. The van der Waals surface area contributed by atoms with Gasteiger partial charge in [-0.25, -0.2) is 13.2 Å². The van der Waals surface area contributed by atoms with Crippen LogP contribution in [-0.4, -0.2) is 44.7 Å².